The van der Waals surface area contributed by atoms with Crippen molar-refractivity contribution in [2.45, 2.75) is 25.9 Å². The van der Waals surface area contributed by atoms with Gasteiger partial charge in [-0.15, -0.1) is 0 Å². The summed E-state index contributed by atoms with van der Waals surface area (Å²) in [4.78, 5) is 12.0. The van der Waals surface area contributed by atoms with Crippen LogP contribution < -0.4 is 20.4 Å². The Morgan fingerprint density at radius 3 is 2.58 bits per heavy atom. The third-order valence-corrected chi connectivity index (χ3v) is 6.41. The fourth-order valence-electron chi connectivity index (χ4n) is 4.70. The lowest BCUT2D eigenvalue weighted by molar-refractivity contribution is 0.147. The maximum Gasteiger partial charge on any atom is 0.488 e. The maximum atomic E-state index is 9.90. The molecule has 1 aliphatic heterocycles. The van der Waals surface area contributed by atoms with Gasteiger partial charge in [0.05, 0.1) is 6.61 Å². The molecule has 8 nitrogen and oxygen atoms in total. The fraction of sp³-hybridized carbons (Fsp3) is 0.259. The van der Waals surface area contributed by atoms with Gasteiger partial charge in [-0.1, -0.05) is 48.5 Å². The topological polar surface area (TPSA) is 100.0 Å². The van der Waals surface area contributed by atoms with Crippen LogP contribution in [-0.4, -0.2) is 53.5 Å². The largest absolute Gasteiger partial charge is 0.489 e. The lowest BCUT2D eigenvalue weighted by Gasteiger charge is -2.24. The summed E-state index contributed by atoms with van der Waals surface area (Å²) in [5.74, 6) is 1.88. The molecule has 184 valence electrons. The van der Waals surface area contributed by atoms with E-state index in [1.165, 1.54) is 0 Å². The van der Waals surface area contributed by atoms with Crippen molar-refractivity contribution in [3.05, 3.63) is 77.9 Å². The van der Waals surface area contributed by atoms with Gasteiger partial charge in [0.25, 0.3) is 0 Å². The monoisotopic (exact) mass is 484 g/mol. The normalized spacial score (nSPS) is 14.7. The van der Waals surface area contributed by atoms with Crippen molar-refractivity contribution in [2.75, 3.05) is 30.5 Å². The third kappa shape index (κ3) is 4.73. The highest BCUT2D eigenvalue weighted by molar-refractivity contribution is 6.59. The Balaban J connectivity index is 1.61. The molecule has 0 amide bonds. The standard InChI is InChI=1S/C27H29BN4O4/c1-18-16-21-22(28(33)34)11-7-12-23(21)32(18)27-30-25-20(10-6-13-24(25)36-15-14-35-2)26(31-27)29-17-19-8-4-3-5-9-19/h3-13,18,33-34H,14-17H2,1-2H3,(H,29,30,31). The van der Waals surface area contributed by atoms with Gasteiger partial charge >= 0.3 is 7.12 Å². The summed E-state index contributed by atoms with van der Waals surface area (Å²) in [6.07, 6.45) is 0.656. The van der Waals surface area contributed by atoms with Crippen molar-refractivity contribution in [3.63, 3.8) is 0 Å². The Labute approximate surface area is 210 Å². The first-order valence-corrected chi connectivity index (χ1v) is 12.0. The van der Waals surface area contributed by atoms with E-state index in [1.54, 1.807) is 13.2 Å². The predicted octanol–water partition coefficient (Wildman–Crippen LogP) is 3.03. The Morgan fingerprint density at radius 2 is 1.81 bits per heavy atom. The molecule has 36 heavy (non-hydrogen) atoms. The number of fused-ring (bicyclic) bond motifs is 2. The van der Waals surface area contributed by atoms with E-state index in [2.05, 4.69) is 29.3 Å². The molecule has 1 aliphatic rings. The number of nitrogens with one attached hydrogen (secondary N) is 1. The predicted molar refractivity (Wildman–Crippen MR) is 142 cm³/mol. The number of aromatic nitrogens is 2. The molecule has 0 spiro atoms. The molecule has 0 saturated heterocycles. The Kier molecular flexibility index (Phi) is 7.04. The van der Waals surface area contributed by atoms with Crippen LogP contribution in [0.2, 0.25) is 0 Å². The summed E-state index contributed by atoms with van der Waals surface area (Å²) in [7, 11) is 0.107. The molecule has 3 N–H and O–H groups in total. The van der Waals surface area contributed by atoms with E-state index in [9.17, 15) is 10.0 Å². The molecular formula is C27H29BN4O4. The molecular weight excluding hydrogens is 455 g/mol. The minimum Gasteiger partial charge on any atom is -0.489 e. The van der Waals surface area contributed by atoms with Crippen LogP contribution in [0.15, 0.2) is 66.7 Å². The van der Waals surface area contributed by atoms with Gasteiger partial charge < -0.3 is 29.7 Å². The van der Waals surface area contributed by atoms with Gasteiger partial charge in [0.1, 0.15) is 23.7 Å². The summed E-state index contributed by atoms with van der Waals surface area (Å²) < 4.78 is 11.2. The van der Waals surface area contributed by atoms with Gasteiger partial charge in [-0.2, -0.15) is 4.98 Å². The molecule has 5 rings (SSSR count). The first-order valence-electron chi connectivity index (χ1n) is 12.0. The summed E-state index contributed by atoms with van der Waals surface area (Å²) in [5, 5.41) is 24.2. The number of methoxy groups -OCH3 is 1. The zero-order valence-electron chi connectivity index (χ0n) is 20.4. The smallest absolute Gasteiger partial charge is 0.488 e. The molecule has 0 bridgehead atoms. The Hall–Kier alpha value is -3.66. The van der Waals surface area contributed by atoms with Gasteiger partial charge in [0, 0.05) is 30.8 Å². The van der Waals surface area contributed by atoms with Crippen LogP contribution in [0.1, 0.15) is 18.1 Å². The van der Waals surface area contributed by atoms with Gasteiger partial charge in [-0.3, -0.25) is 0 Å². The lowest BCUT2D eigenvalue weighted by atomic mass is 9.76. The van der Waals surface area contributed by atoms with Crippen LogP contribution in [0.4, 0.5) is 17.5 Å². The molecule has 0 fully saturated rings. The van der Waals surface area contributed by atoms with E-state index < -0.39 is 7.12 Å². The van der Waals surface area contributed by atoms with E-state index in [1.807, 2.05) is 48.5 Å². The minimum absolute atomic E-state index is 0.0286. The highest BCUT2D eigenvalue weighted by Crippen LogP contribution is 2.38. The van der Waals surface area contributed by atoms with Crippen molar-refractivity contribution < 1.29 is 19.5 Å². The quantitative estimate of drug-likeness (QED) is 0.246. The van der Waals surface area contributed by atoms with Crippen molar-refractivity contribution >= 4 is 40.9 Å². The molecule has 1 unspecified atom stereocenters. The maximum absolute atomic E-state index is 9.90. The van der Waals surface area contributed by atoms with Crippen LogP contribution in [-0.2, 0) is 17.7 Å². The highest BCUT2D eigenvalue weighted by atomic mass is 16.5. The number of nitrogens with zero attached hydrogens (tertiary/aromatic N) is 3. The summed E-state index contributed by atoms with van der Waals surface area (Å²) in [6, 6.07) is 21.5. The van der Waals surface area contributed by atoms with Crippen molar-refractivity contribution in [2.24, 2.45) is 0 Å². The van der Waals surface area contributed by atoms with Gasteiger partial charge in [0.2, 0.25) is 5.95 Å². The van der Waals surface area contributed by atoms with E-state index >= 15 is 0 Å². The SMILES string of the molecule is COCCOc1cccc2c(NCc3ccccc3)nc(N3c4cccc(B(O)O)c4CC3C)nc12. The van der Waals surface area contributed by atoms with Crippen LogP contribution in [0.5, 0.6) is 5.75 Å². The number of para-hydroxylation sites is 1. The van der Waals surface area contributed by atoms with Gasteiger partial charge in [0.15, 0.2) is 0 Å². The molecule has 0 radical (unpaired) electrons. The number of anilines is 3. The van der Waals surface area contributed by atoms with Crippen molar-refractivity contribution in [1.82, 2.24) is 9.97 Å². The molecule has 1 aromatic heterocycles. The van der Waals surface area contributed by atoms with Crippen LogP contribution >= 0.6 is 0 Å². The highest BCUT2D eigenvalue weighted by Gasteiger charge is 2.33. The Morgan fingerprint density at radius 1 is 1.00 bits per heavy atom. The summed E-state index contributed by atoms with van der Waals surface area (Å²) in [6.45, 7) is 3.56. The molecule has 0 saturated carbocycles. The van der Waals surface area contributed by atoms with E-state index in [4.69, 9.17) is 19.4 Å². The molecule has 2 heterocycles. The summed E-state index contributed by atoms with van der Waals surface area (Å²) >= 11 is 0. The van der Waals surface area contributed by atoms with E-state index in [0.29, 0.717) is 54.7 Å². The lowest BCUT2D eigenvalue weighted by Crippen LogP contribution is -2.32. The second-order valence-corrected chi connectivity index (χ2v) is 8.85. The molecule has 0 aliphatic carbocycles. The molecule has 9 heteroatoms. The van der Waals surface area contributed by atoms with E-state index in [-0.39, 0.29) is 6.04 Å². The van der Waals surface area contributed by atoms with Crippen molar-refractivity contribution in [1.29, 1.82) is 0 Å². The zero-order chi connectivity index (χ0) is 25.1. The third-order valence-electron chi connectivity index (χ3n) is 6.41. The second kappa shape index (κ2) is 10.5. The number of hydrogen-bond acceptors (Lipinski definition) is 8. The number of ether oxygens (including phenoxy) is 2. The average Bonchev–Trinajstić information content (AvgIpc) is 3.23. The summed E-state index contributed by atoms with van der Waals surface area (Å²) in [5.41, 5.74) is 4.12. The number of hydrogen-bond donors (Lipinski definition) is 3. The molecule has 4 aromatic rings. The van der Waals surface area contributed by atoms with Crippen LogP contribution in [0.25, 0.3) is 10.9 Å². The number of rotatable bonds is 9. The molecule has 1 atom stereocenters. The van der Waals surface area contributed by atoms with Crippen LogP contribution in [0.3, 0.4) is 0 Å². The average molecular weight is 484 g/mol. The van der Waals surface area contributed by atoms with E-state index in [0.717, 1.165) is 22.2 Å². The molecule has 3 aromatic carbocycles. The minimum atomic E-state index is -1.53. The number of benzene rings is 3. The van der Waals surface area contributed by atoms with Gasteiger partial charge in [-0.25, -0.2) is 4.98 Å². The van der Waals surface area contributed by atoms with Gasteiger partial charge in [-0.05, 0) is 48.1 Å². The van der Waals surface area contributed by atoms with Crippen molar-refractivity contribution in [3.8, 4) is 5.75 Å². The first-order chi connectivity index (χ1) is 17.6. The van der Waals surface area contributed by atoms with Crippen LogP contribution in [0, 0.1) is 0 Å². The second-order valence-electron chi connectivity index (χ2n) is 8.85. The zero-order valence-corrected chi connectivity index (χ0v) is 20.4. The Bertz CT molecular complexity index is 1350. The first kappa shape index (κ1) is 24.1. The fourth-order valence-corrected chi connectivity index (χ4v) is 4.70.